The third-order valence-electron chi connectivity index (χ3n) is 9.03. The van der Waals surface area contributed by atoms with Gasteiger partial charge in [0.2, 0.25) is 11.8 Å². The standard InChI is InChI=1S/C31H43N3O4S/c1-9-13-32(8)28(36)25-24-16-21(7)31(39-24)26(25)29(37)34(23(17-35)18(3)4)27(31)30(38)33(14-10-2)22-15-19(5)11-12-20(22)6/h9-12,15,18,21,23-27,35H,1-2,13-14,16-17H2,3-8H3/t21?,23-,24+,25-,26-,27?,31?/m0/s1. The summed E-state index contributed by atoms with van der Waals surface area (Å²) < 4.78 is -0.756. The first kappa shape index (κ1) is 29.4. The first-order chi connectivity index (χ1) is 18.5. The summed E-state index contributed by atoms with van der Waals surface area (Å²) in [5.41, 5.74) is 2.78. The average molecular weight is 554 g/mol. The van der Waals surface area contributed by atoms with Crippen molar-refractivity contribution < 1.29 is 19.5 Å². The number of carbonyl (C=O) groups is 3. The van der Waals surface area contributed by atoms with E-state index >= 15 is 0 Å². The van der Waals surface area contributed by atoms with Crippen LogP contribution >= 0.6 is 11.8 Å². The van der Waals surface area contributed by atoms with E-state index in [-0.39, 0.29) is 41.4 Å². The SMILES string of the molecule is C=CCN(C)C(=O)[C@@H]1[C@H]2C(=O)N([C@@H](CO)C(C)C)C(C(=O)N(CC=C)c3cc(C)ccc3C)C23S[C@@H]1CC3C. The maximum atomic E-state index is 14.9. The molecule has 3 fully saturated rings. The van der Waals surface area contributed by atoms with Gasteiger partial charge in [0.25, 0.3) is 5.91 Å². The summed E-state index contributed by atoms with van der Waals surface area (Å²) in [6.45, 7) is 18.1. The fourth-order valence-corrected chi connectivity index (χ4v) is 9.53. The largest absolute Gasteiger partial charge is 0.394 e. The molecule has 3 unspecified atom stereocenters. The Morgan fingerprint density at radius 2 is 1.87 bits per heavy atom. The Labute approximate surface area is 237 Å². The predicted molar refractivity (Wildman–Crippen MR) is 158 cm³/mol. The van der Waals surface area contributed by atoms with Crippen LogP contribution in [0.15, 0.2) is 43.5 Å². The van der Waals surface area contributed by atoms with Crippen molar-refractivity contribution in [2.75, 3.05) is 31.6 Å². The van der Waals surface area contributed by atoms with Gasteiger partial charge >= 0.3 is 0 Å². The molecule has 1 aromatic rings. The topological polar surface area (TPSA) is 81.2 Å². The Morgan fingerprint density at radius 1 is 1.21 bits per heavy atom. The van der Waals surface area contributed by atoms with Gasteiger partial charge < -0.3 is 19.8 Å². The number of nitrogens with zero attached hydrogens (tertiary/aromatic N) is 3. The van der Waals surface area contributed by atoms with Gasteiger partial charge in [-0.05, 0) is 49.3 Å². The van der Waals surface area contributed by atoms with Gasteiger partial charge in [0.1, 0.15) is 6.04 Å². The highest BCUT2D eigenvalue weighted by molar-refractivity contribution is 8.02. The average Bonchev–Trinajstić information content (AvgIpc) is 3.48. The second-order valence-corrected chi connectivity index (χ2v) is 13.4. The summed E-state index contributed by atoms with van der Waals surface area (Å²) in [5.74, 6) is -1.60. The van der Waals surface area contributed by atoms with Gasteiger partial charge in [-0.25, -0.2) is 0 Å². The summed E-state index contributed by atoms with van der Waals surface area (Å²) in [6.07, 6.45) is 4.16. The summed E-state index contributed by atoms with van der Waals surface area (Å²) in [5, 5.41) is 10.5. The van der Waals surface area contributed by atoms with Crippen LogP contribution in [-0.4, -0.2) is 81.5 Å². The molecule has 1 aromatic carbocycles. The number of hydrogen-bond donors (Lipinski definition) is 1. The number of aliphatic hydroxyl groups excluding tert-OH is 1. The van der Waals surface area contributed by atoms with Gasteiger partial charge in [-0.1, -0.05) is 45.1 Å². The first-order valence-corrected chi connectivity index (χ1v) is 14.8. The number of likely N-dealkylation sites (tertiary alicyclic amines) is 1. The number of carbonyl (C=O) groups excluding carboxylic acids is 3. The zero-order valence-corrected chi connectivity index (χ0v) is 24.9. The van der Waals surface area contributed by atoms with Crippen LogP contribution in [0.5, 0.6) is 0 Å². The van der Waals surface area contributed by atoms with Crippen molar-refractivity contribution in [2.24, 2.45) is 23.7 Å². The predicted octanol–water partition coefficient (Wildman–Crippen LogP) is 3.82. The van der Waals surface area contributed by atoms with E-state index in [1.54, 1.807) is 45.7 Å². The summed E-state index contributed by atoms with van der Waals surface area (Å²) in [6, 6.07) is 4.67. The lowest BCUT2D eigenvalue weighted by Gasteiger charge is -2.43. The third kappa shape index (κ3) is 4.53. The molecule has 4 rings (SSSR count). The number of fused-ring (bicyclic) bond motifs is 1. The van der Waals surface area contributed by atoms with Crippen molar-refractivity contribution >= 4 is 35.2 Å². The second-order valence-electron chi connectivity index (χ2n) is 11.8. The van der Waals surface area contributed by atoms with Crippen LogP contribution in [0.4, 0.5) is 5.69 Å². The van der Waals surface area contributed by atoms with Crippen molar-refractivity contribution in [3.8, 4) is 0 Å². The molecule has 3 heterocycles. The lowest BCUT2D eigenvalue weighted by atomic mass is 9.65. The molecule has 212 valence electrons. The van der Waals surface area contributed by atoms with E-state index in [1.807, 2.05) is 45.9 Å². The molecule has 3 aliphatic rings. The van der Waals surface area contributed by atoms with Gasteiger partial charge in [0.05, 0.1) is 29.2 Å². The maximum Gasteiger partial charge on any atom is 0.251 e. The van der Waals surface area contributed by atoms with Crippen LogP contribution in [0.3, 0.4) is 0 Å². The lowest BCUT2D eigenvalue weighted by molar-refractivity contribution is -0.145. The van der Waals surface area contributed by atoms with Crippen LogP contribution in [0.2, 0.25) is 0 Å². The molecule has 7 atom stereocenters. The molecular weight excluding hydrogens is 510 g/mol. The molecule has 0 aliphatic carbocycles. The molecule has 3 amide bonds. The lowest BCUT2D eigenvalue weighted by Crippen LogP contribution is -2.60. The number of aliphatic hydroxyl groups is 1. The van der Waals surface area contributed by atoms with Gasteiger partial charge in [-0.15, -0.1) is 24.9 Å². The van der Waals surface area contributed by atoms with E-state index in [0.717, 1.165) is 23.2 Å². The van der Waals surface area contributed by atoms with E-state index in [9.17, 15) is 19.5 Å². The highest BCUT2D eigenvalue weighted by Gasteiger charge is 2.77. The molecule has 39 heavy (non-hydrogen) atoms. The smallest absolute Gasteiger partial charge is 0.251 e. The van der Waals surface area contributed by atoms with Gasteiger partial charge in [0, 0.05) is 31.1 Å². The normalized spacial score (nSPS) is 29.9. The molecule has 0 saturated carbocycles. The summed E-state index contributed by atoms with van der Waals surface area (Å²) in [4.78, 5) is 48.1. The van der Waals surface area contributed by atoms with Crippen LogP contribution in [-0.2, 0) is 14.4 Å². The van der Waals surface area contributed by atoms with E-state index in [2.05, 4.69) is 20.1 Å². The summed E-state index contributed by atoms with van der Waals surface area (Å²) in [7, 11) is 1.74. The number of thioether (sulfide) groups is 1. The second kappa shape index (κ2) is 11.1. The number of hydrogen-bond acceptors (Lipinski definition) is 5. The van der Waals surface area contributed by atoms with Gasteiger partial charge in [-0.3, -0.25) is 14.4 Å². The van der Waals surface area contributed by atoms with Crippen molar-refractivity contribution in [1.29, 1.82) is 0 Å². The summed E-state index contributed by atoms with van der Waals surface area (Å²) >= 11 is 1.66. The quantitative estimate of drug-likeness (QED) is 0.446. The minimum absolute atomic E-state index is 0.0358. The maximum absolute atomic E-state index is 14.9. The zero-order valence-electron chi connectivity index (χ0n) is 24.1. The molecule has 7 nitrogen and oxygen atoms in total. The fraction of sp³-hybridized carbons (Fsp3) is 0.581. The highest BCUT2D eigenvalue weighted by Crippen LogP contribution is 2.69. The molecule has 0 radical (unpaired) electrons. The number of likely N-dealkylation sites (N-methyl/N-ethyl adjacent to an activating group) is 1. The Morgan fingerprint density at radius 3 is 2.46 bits per heavy atom. The number of rotatable bonds is 10. The van der Waals surface area contributed by atoms with Crippen molar-refractivity contribution in [1.82, 2.24) is 9.80 Å². The number of anilines is 1. The van der Waals surface area contributed by atoms with Crippen molar-refractivity contribution in [3.05, 3.63) is 54.6 Å². The molecule has 8 heteroatoms. The van der Waals surface area contributed by atoms with E-state index in [1.165, 1.54) is 0 Å². The molecular formula is C31H43N3O4S. The zero-order chi connectivity index (χ0) is 28.8. The van der Waals surface area contributed by atoms with Crippen LogP contribution in [0.1, 0.15) is 38.3 Å². The molecule has 1 N–H and O–H groups in total. The number of aryl methyl sites for hydroxylation is 2. The third-order valence-corrected chi connectivity index (χ3v) is 11.1. The first-order valence-electron chi connectivity index (χ1n) is 13.9. The molecule has 3 saturated heterocycles. The van der Waals surface area contributed by atoms with Gasteiger partial charge in [-0.2, -0.15) is 0 Å². The highest BCUT2D eigenvalue weighted by atomic mass is 32.2. The van der Waals surface area contributed by atoms with Crippen molar-refractivity contribution in [3.63, 3.8) is 0 Å². The van der Waals surface area contributed by atoms with E-state index in [4.69, 9.17) is 0 Å². The van der Waals surface area contributed by atoms with Crippen LogP contribution in [0, 0.1) is 37.5 Å². The van der Waals surface area contributed by atoms with Crippen LogP contribution < -0.4 is 4.90 Å². The number of amides is 3. The molecule has 2 bridgehead atoms. The Bertz CT molecular complexity index is 1170. The Balaban J connectivity index is 1.89. The minimum atomic E-state index is -0.804. The molecule has 1 spiro atoms. The van der Waals surface area contributed by atoms with Crippen LogP contribution in [0.25, 0.3) is 0 Å². The minimum Gasteiger partial charge on any atom is -0.394 e. The van der Waals surface area contributed by atoms with E-state index in [0.29, 0.717) is 13.1 Å². The van der Waals surface area contributed by atoms with Gasteiger partial charge in [0.15, 0.2) is 0 Å². The van der Waals surface area contributed by atoms with Crippen molar-refractivity contribution in [2.45, 2.75) is 63.1 Å². The monoisotopic (exact) mass is 553 g/mol. The molecule has 0 aromatic heterocycles. The molecule has 3 aliphatic heterocycles. The Kier molecular flexibility index (Phi) is 8.39. The fourth-order valence-electron chi connectivity index (χ4n) is 7.13. The van der Waals surface area contributed by atoms with E-state index < -0.39 is 28.7 Å². The number of benzene rings is 1. The Hall–Kier alpha value is -2.58.